The van der Waals surface area contributed by atoms with Gasteiger partial charge >= 0.3 is 0 Å². The SMILES string of the molecule is Cc1ccoc1C(=O)N1C(C)CC2CNCC21. The van der Waals surface area contributed by atoms with E-state index < -0.39 is 0 Å². The molecule has 0 aliphatic carbocycles. The van der Waals surface area contributed by atoms with Crippen molar-refractivity contribution in [2.75, 3.05) is 13.1 Å². The lowest BCUT2D eigenvalue weighted by molar-refractivity contribution is 0.0648. The van der Waals surface area contributed by atoms with Crippen molar-refractivity contribution in [2.24, 2.45) is 5.92 Å². The zero-order chi connectivity index (χ0) is 12.0. The van der Waals surface area contributed by atoms with Crippen molar-refractivity contribution in [3.8, 4) is 0 Å². The molecule has 3 atom stereocenters. The lowest BCUT2D eigenvalue weighted by Crippen LogP contribution is -2.42. The first-order chi connectivity index (χ1) is 8.18. The summed E-state index contributed by atoms with van der Waals surface area (Å²) in [6.07, 6.45) is 2.69. The maximum absolute atomic E-state index is 12.5. The summed E-state index contributed by atoms with van der Waals surface area (Å²) in [5.74, 6) is 1.17. The third-order valence-corrected chi connectivity index (χ3v) is 4.07. The van der Waals surface area contributed by atoms with Crippen molar-refractivity contribution in [1.82, 2.24) is 10.2 Å². The van der Waals surface area contributed by atoms with Crippen molar-refractivity contribution in [3.63, 3.8) is 0 Å². The molecule has 1 N–H and O–H groups in total. The molecule has 0 radical (unpaired) electrons. The third kappa shape index (κ3) is 1.59. The Hall–Kier alpha value is -1.29. The molecular weight excluding hydrogens is 216 g/mol. The Labute approximate surface area is 101 Å². The topological polar surface area (TPSA) is 45.5 Å². The summed E-state index contributed by atoms with van der Waals surface area (Å²) in [7, 11) is 0. The summed E-state index contributed by atoms with van der Waals surface area (Å²) in [5, 5.41) is 3.37. The normalized spacial score (nSPS) is 31.9. The molecule has 2 saturated heterocycles. The number of carbonyl (C=O) groups excluding carboxylic acids is 1. The van der Waals surface area contributed by atoms with Gasteiger partial charge in [-0.15, -0.1) is 0 Å². The van der Waals surface area contributed by atoms with E-state index in [2.05, 4.69) is 12.2 Å². The van der Waals surface area contributed by atoms with Crippen LogP contribution in [0.2, 0.25) is 0 Å². The van der Waals surface area contributed by atoms with Gasteiger partial charge in [-0.25, -0.2) is 0 Å². The number of aryl methyl sites for hydroxylation is 1. The lowest BCUT2D eigenvalue weighted by Gasteiger charge is -2.26. The van der Waals surface area contributed by atoms with Crippen LogP contribution in [0.15, 0.2) is 16.7 Å². The summed E-state index contributed by atoms with van der Waals surface area (Å²) < 4.78 is 5.32. The summed E-state index contributed by atoms with van der Waals surface area (Å²) in [6, 6.07) is 2.52. The smallest absolute Gasteiger partial charge is 0.290 e. The highest BCUT2D eigenvalue weighted by Crippen LogP contribution is 2.33. The molecule has 3 rings (SSSR count). The Balaban J connectivity index is 1.88. The number of amides is 1. The average Bonchev–Trinajstić information content (AvgIpc) is 2.92. The van der Waals surface area contributed by atoms with Crippen molar-refractivity contribution in [2.45, 2.75) is 32.4 Å². The van der Waals surface area contributed by atoms with Gasteiger partial charge in [0.25, 0.3) is 5.91 Å². The molecule has 2 aliphatic rings. The number of fused-ring (bicyclic) bond motifs is 1. The Morgan fingerprint density at radius 3 is 3.06 bits per heavy atom. The fourth-order valence-corrected chi connectivity index (χ4v) is 3.22. The molecule has 2 aliphatic heterocycles. The van der Waals surface area contributed by atoms with E-state index in [1.54, 1.807) is 6.26 Å². The molecule has 3 unspecified atom stereocenters. The van der Waals surface area contributed by atoms with Gasteiger partial charge in [0, 0.05) is 30.7 Å². The second kappa shape index (κ2) is 3.88. The van der Waals surface area contributed by atoms with Crippen LogP contribution in [0, 0.1) is 12.8 Å². The van der Waals surface area contributed by atoms with Crippen molar-refractivity contribution < 1.29 is 9.21 Å². The lowest BCUT2D eigenvalue weighted by atomic mass is 10.0. The van der Waals surface area contributed by atoms with Gasteiger partial charge in [0.2, 0.25) is 0 Å². The molecule has 1 amide bonds. The number of nitrogens with one attached hydrogen (secondary N) is 1. The average molecular weight is 234 g/mol. The summed E-state index contributed by atoms with van der Waals surface area (Å²) in [4.78, 5) is 14.5. The van der Waals surface area contributed by atoms with Gasteiger partial charge < -0.3 is 14.6 Å². The number of rotatable bonds is 1. The van der Waals surface area contributed by atoms with Crippen molar-refractivity contribution in [1.29, 1.82) is 0 Å². The molecular formula is C13H18N2O2. The van der Waals surface area contributed by atoms with Gasteiger partial charge in [-0.2, -0.15) is 0 Å². The molecule has 2 fully saturated rings. The number of likely N-dealkylation sites (tertiary alicyclic amines) is 1. The second-order valence-corrected chi connectivity index (χ2v) is 5.22. The van der Waals surface area contributed by atoms with E-state index in [9.17, 15) is 4.79 Å². The van der Waals surface area contributed by atoms with Crippen LogP contribution < -0.4 is 5.32 Å². The van der Waals surface area contributed by atoms with Crippen LogP contribution in [0.4, 0.5) is 0 Å². The number of hydrogen-bond donors (Lipinski definition) is 1. The molecule has 0 bridgehead atoms. The van der Waals surface area contributed by atoms with Gasteiger partial charge in [-0.1, -0.05) is 0 Å². The molecule has 0 aromatic carbocycles. The molecule has 1 aromatic rings. The maximum Gasteiger partial charge on any atom is 0.290 e. The zero-order valence-electron chi connectivity index (χ0n) is 10.3. The van der Waals surface area contributed by atoms with Crippen LogP contribution >= 0.6 is 0 Å². The molecule has 0 spiro atoms. The van der Waals surface area contributed by atoms with Crippen LogP contribution in [0.25, 0.3) is 0 Å². The van der Waals surface area contributed by atoms with Crippen LogP contribution in [0.1, 0.15) is 29.5 Å². The van der Waals surface area contributed by atoms with Gasteiger partial charge in [0.1, 0.15) is 0 Å². The minimum atomic E-state index is 0.0520. The highest BCUT2D eigenvalue weighted by atomic mass is 16.3. The van der Waals surface area contributed by atoms with Gasteiger partial charge in [-0.3, -0.25) is 4.79 Å². The number of furan rings is 1. The van der Waals surface area contributed by atoms with Gasteiger partial charge in [0.15, 0.2) is 5.76 Å². The first-order valence-electron chi connectivity index (χ1n) is 6.26. The van der Waals surface area contributed by atoms with E-state index in [-0.39, 0.29) is 5.91 Å². The van der Waals surface area contributed by atoms with E-state index in [0.717, 1.165) is 25.1 Å². The standard InChI is InChI=1S/C13H18N2O2/c1-8-3-4-17-12(8)13(16)15-9(2)5-10-6-14-7-11(10)15/h3-4,9-11,14H,5-7H2,1-2H3. The van der Waals surface area contributed by atoms with Gasteiger partial charge in [0.05, 0.1) is 6.26 Å². The Morgan fingerprint density at radius 2 is 2.35 bits per heavy atom. The first kappa shape index (κ1) is 10.8. The first-order valence-corrected chi connectivity index (χ1v) is 6.26. The summed E-state index contributed by atoms with van der Waals surface area (Å²) in [6.45, 7) is 6.01. The van der Waals surface area contributed by atoms with E-state index in [4.69, 9.17) is 4.42 Å². The predicted molar refractivity (Wildman–Crippen MR) is 63.8 cm³/mol. The highest BCUT2D eigenvalue weighted by Gasteiger charge is 2.45. The minimum Gasteiger partial charge on any atom is -0.459 e. The molecule has 1 aromatic heterocycles. The van der Waals surface area contributed by atoms with Crippen LogP contribution in [0.5, 0.6) is 0 Å². The van der Waals surface area contributed by atoms with Crippen LogP contribution in [0.3, 0.4) is 0 Å². The van der Waals surface area contributed by atoms with Crippen LogP contribution in [-0.2, 0) is 0 Å². The minimum absolute atomic E-state index is 0.0520. The Kier molecular flexibility index (Phi) is 2.47. The second-order valence-electron chi connectivity index (χ2n) is 5.22. The maximum atomic E-state index is 12.5. The van der Waals surface area contributed by atoms with Crippen molar-refractivity contribution in [3.05, 3.63) is 23.7 Å². The monoisotopic (exact) mass is 234 g/mol. The number of hydrogen-bond acceptors (Lipinski definition) is 3. The molecule has 4 nitrogen and oxygen atoms in total. The molecule has 0 saturated carbocycles. The summed E-state index contributed by atoms with van der Waals surface area (Å²) in [5.41, 5.74) is 0.927. The van der Waals surface area contributed by atoms with E-state index in [0.29, 0.717) is 23.8 Å². The predicted octanol–water partition coefficient (Wildman–Crippen LogP) is 1.41. The summed E-state index contributed by atoms with van der Waals surface area (Å²) >= 11 is 0. The Bertz CT molecular complexity index is 440. The molecule has 3 heterocycles. The Morgan fingerprint density at radius 1 is 1.53 bits per heavy atom. The van der Waals surface area contributed by atoms with E-state index >= 15 is 0 Å². The van der Waals surface area contributed by atoms with Gasteiger partial charge in [-0.05, 0) is 32.3 Å². The molecule has 4 heteroatoms. The number of carbonyl (C=O) groups is 1. The van der Waals surface area contributed by atoms with E-state index in [1.165, 1.54) is 0 Å². The van der Waals surface area contributed by atoms with Crippen molar-refractivity contribution >= 4 is 5.91 Å². The largest absolute Gasteiger partial charge is 0.459 e. The highest BCUT2D eigenvalue weighted by molar-refractivity contribution is 5.93. The molecule has 92 valence electrons. The fraction of sp³-hybridized carbons (Fsp3) is 0.615. The quantitative estimate of drug-likeness (QED) is 0.799. The van der Waals surface area contributed by atoms with Crippen LogP contribution in [-0.4, -0.2) is 36.0 Å². The molecule has 17 heavy (non-hydrogen) atoms. The fourth-order valence-electron chi connectivity index (χ4n) is 3.22. The third-order valence-electron chi connectivity index (χ3n) is 4.07. The number of nitrogens with zero attached hydrogens (tertiary/aromatic N) is 1. The van der Waals surface area contributed by atoms with E-state index in [1.807, 2.05) is 17.9 Å². The zero-order valence-corrected chi connectivity index (χ0v) is 10.3.